The molecule has 1 aromatic carbocycles. The van der Waals surface area contributed by atoms with Gasteiger partial charge in [0.1, 0.15) is 0 Å². The van der Waals surface area contributed by atoms with E-state index in [0.29, 0.717) is 17.9 Å². The van der Waals surface area contributed by atoms with Gasteiger partial charge in [-0.2, -0.15) is 0 Å². The lowest BCUT2D eigenvalue weighted by molar-refractivity contribution is -0.111. The molecule has 23 heavy (non-hydrogen) atoms. The van der Waals surface area contributed by atoms with Gasteiger partial charge < -0.3 is 20.7 Å². The summed E-state index contributed by atoms with van der Waals surface area (Å²) in [6.07, 6.45) is 3.69. The molecular formula is C17H23N3O3. The Morgan fingerprint density at radius 1 is 1.17 bits per heavy atom. The Labute approximate surface area is 136 Å². The lowest BCUT2D eigenvalue weighted by Crippen LogP contribution is -2.35. The monoisotopic (exact) mass is 317 g/mol. The van der Waals surface area contributed by atoms with E-state index in [1.54, 1.807) is 24.3 Å². The fraction of sp³-hybridized carbons (Fsp3) is 0.412. The lowest BCUT2D eigenvalue weighted by Gasteiger charge is -2.12. The molecule has 6 nitrogen and oxygen atoms in total. The number of rotatable bonds is 5. The first kappa shape index (κ1) is 17.0. The number of anilines is 2. The van der Waals surface area contributed by atoms with Crippen LogP contribution in [0.15, 0.2) is 35.9 Å². The van der Waals surface area contributed by atoms with E-state index in [9.17, 15) is 9.59 Å². The van der Waals surface area contributed by atoms with Crippen molar-refractivity contribution in [1.82, 2.24) is 5.32 Å². The van der Waals surface area contributed by atoms with Gasteiger partial charge in [-0.1, -0.05) is 5.57 Å². The number of hydrogen-bond acceptors (Lipinski definition) is 3. The van der Waals surface area contributed by atoms with E-state index in [4.69, 9.17) is 4.74 Å². The van der Waals surface area contributed by atoms with Crippen LogP contribution in [0.4, 0.5) is 16.2 Å². The van der Waals surface area contributed by atoms with Crippen LogP contribution in [0.25, 0.3) is 0 Å². The predicted octanol–water partition coefficient (Wildman–Crippen LogP) is 2.89. The minimum absolute atomic E-state index is 0.119. The van der Waals surface area contributed by atoms with Crippen molar-refractivity contribution in [3.8, 4) is 0 Å². The zero-order valence-corrected chi connectivity index (χ0v) is 13.5. The molecule has 2 rings (SSSR count). The molecule has 1 saturated heterocycles. The summed E-state index contributed by atoms with van der Waals surface area (Å²) in [5.41, 5.74) is 2.27. The summed E-state index contributed by atoms with van der Waals surface area (Å²) >= 11 is 0. The molecule has 6 heteroatoms. The Hall–Kier alpha value is -2.34. The fourth-order valence-electron chi connectivity index (χ4n) is 2.26. The number of allylic oxidation sites excluding steroid dienone is 1. The van der Waals surface area contributed by atoms with Gasteiger partial charge in [0, 0.05) is 30.6 Å². The van der Waals surface area contributed by atoms with Gasteiger partial charge in [-0.3, -0.25) is 4.79 Å². The number of hydrogen-bond donors (Lipinski definition) is 3. The van der Waals surface area contributed by atoms with E-state index < -0.39 is 0 Å². The maximum absolute atomic E-state index is 11.8. The number of carbonyl (C=O) groups excluding carboxylic acids is 2. The van der Waals surface area contributed by atoms with Gasteiger partial charge in [0.15, 0.2) is 0 Å². The van der Waals surface area contributed by atoms with Crippen molar-refractivity contribution in [2.75, 3.05) is 23.8 Å². The molecule has 1 aliphatic heterocycles. The highest BCUT2D eigenvalue weighted by Crippen LogP contribution is 2.14. The number of benzene rings is 1. The first-order valence-corrected chi connectivity index (χ1v) is 7.75. The number of carbonyl (C=O) groups is 2. The van der Waals surface area contributed by atoms with Gasteiger partial charge in [0.2, 0.25) is 5.91 Å². The SMILES string of the molecule is CC(C)=CC(=O)Nc1ccc(NC(=O)NCC2CCCO2)cc1. The van der Waals surface area contributed by atoms with E-state index in [2.05, 4.69) is 16.0 Å². The van der Waals surface area contributed by atoms with Crippen LogP contribution in [0.5, 0.6) is 0 Å². The lowest BCUT2D eigenvalue weighted by atomic mass is 10.2. The average molecular weight is 317 g/mol. The van der Waals surface area contributed by atoms with Gasteiger partial charge >= 0.3 is 6.03 Å². The molecule has 1 aliphatic rings. The highest BCUT2D eigenvalue weighted by atomic mass is 16.5. The van der Waals surface area contributed by atoms with E-state index in [-0.39, 0.29) is 18.0 Å². The molecule has 1 aromatic rings. The van der Waals surface area contributed by atoms with Crippen molar-refractivity contribution in [1.29, 1.82) is 0 Å². The van der Waals surface area contributed by atoms with Crippen LogP contribution < -0.4 is 16.0 Å². The van der Waals surface area contributed by atoms with Crippen LogP contribution in [0, 0.1) is 0 Å². The molecule has 3 N–H and O–H groups in total. The van der Waals surface area contributed by atoms with Gasteiger partial charge in [0.05, 0.1) is 6.10 Å². The normalized spacial score (nSPS) is 16.5. The largest absolute Gasteiger partial charge is 0.376 e. The summed E-state index contributed by atoms with van der Waals surface area (Å²) < 4.78 is 5.45. The van der Waals surface area contributed by atoms with Crippen LogP contribution in [-0.4, -0.2) is 31.2 Å². The zero-order valence-electron chi connectivity index (χ0n) is 13.5. The molecule has 3 amide bonds. The van der Waals surface area contributed by atoms with Gasteiger partial charge in [0.25, 0.3) is 0 Å². The molecule has 1 heterocycles. The smallest absolute Gasteiger partial charge is 0.319 e. The molecule has 0 saturated carbocycles. The molecule has 0 aromatic heterocycles. The van der Waals surface area contributed by atoms with Crippen molar-refractivity contribution in [2.45, 2.75) is 32.8 Å². The summed E-state index contributed by atoms with van der Waals surface area (Å²) in [5.74, 6) is -0.167. The Morgan fingerprint density at radius 3 is 2.39 bits per heavy atom. The van der Waals surface area contributed by atoms with Crippen molar-refractivity contribution >= 4 is 23.3 Å². The molecule has 0 radical (unpaired) electrons. The maximum Gasteiger partial charge on any atom is 0.319 e. The second-order valence-electron chi connectivity index (χ2n) is 5.76. The van der Waals surface area contributed by atoms with Gasteiger partial charge in [-0.15, -0.1) is 0 Å². The Bertz CT molecular complexity index is 571. The van der Waals surface area contributed by atoms with Crippen LogP contribution in [0.1, 0.15) is 26.7 Å². The van der Waals surface area contributed by atoms with Crippen LogP contribution >= 0.6 is 0 Å². The van der Waals surface area contributed by atoms with Crippen molar-refractivity contribution in [3.63, 3.8) is 0 Å². The van der Waals surface area contributed by atoms with E-state index >= 15 is 0 Å². The minimum atomic E-state index is -0.262. The van der Waals surface area contributed by atoms with E-state index in [1.165, 1.54) is 6.08 Å². The van der Waals surface area contributed by atoms with Crippen molar-refractivity contribution in [3.05, 3.63) is 35.9 Å². The number of urea groups is 1. The summed E-state index contributed by atoms with van der Waals surface area (Å²) in [7, 11) is 0. The summed E-state index contributed by atoms with van der Waals surface area (Å²) in [6, 6.07) is 6.70. The molecule has 124 valence electrons. The standard InChI is InChI=1S/C17H23N3O3/c1-12(2)10-16(21)19-13-5-7-14(8-6-13)20-17(22)18-11-15-4-3-9-23-15/h5-8,10,15H,3-4,9,11H2,1-2H3,(H,19,21)(H2,18,20,22). The second-order valence-corrected chi connectivity index (χ2v) is 5.76. The van der Waals surface area contributed by atoms with E-state index in [1.807, 2.05) is 13.8 Å². The summed E-state index contributed by atoms with van der Waals surface area (Å²) in [6.45, 7) is 5.01. The Kier molecular flexibility index (Phi) is 6.17. The third-order valence-electron chi connectivity index (χ3n) is 3.34. The zero-order chi connectivity index (χ0) is 16.7. The Balaban J connectivity index is 1.78. The number of ether oxygens (including phenoxy) is 1. The summed E-state index contributed by atoms with van der Waals surface area (Å²) in [4.78, 5) is 23.4. The quantitative estimate of drug-likeness (QED) is 0.731. The van der Waals surface area contributed by atoms with Crippen LogP contribution in [0.3, 0.4) is 0 Å². The third-order valence-corrected chi connectivity index (χ3v) is 3.34. The topological polar surface area (TPSA) is 79.5 Å². The third kappa shape index (κ3) is 6.12. The first-order valence-electron chi connectivity index (χ1n) is 7.75. The first-order chi connectivity index (χ1) is 11.0. The predicted molar refractivity (Wildman–Crippen MR) is 90.5 cm³/mol. The molecule has 1 atom stereocenters. The highest BCUT2D eigenvalue weighted by molar-refractivity contribution is 5.99. The minimum Gasteiger partial charge on any atom is -0.376 e. The molecule has 0 aliphatic carbocycles. The van der Waals surface area contributed by atoms with Crippen LogP contribution in [-0.2, 0) is 9.53 Å². The summed E-state index contributed by atoms with van der Waals surface area (Å²) in [5, 5.41) is 8.29. The van der Waals surface area contributed by atoms with E-state index in [0.717, 1.165) is 25.0 Å². The average Bonchev–Trinajstić information content (AvgIpc) is 3.00. The maximum atomic E-state index is 11.8. The molecule has 1 unspecified atom stereocenters. The second kappa shape index (κ2) is 8.33. The Morgan fingerprint density at radius 2 is 1.83 bits per heavy atom. The molecular weight excluding hydrogens is 294 g/mol. The molecule has 1 fully saturated rings. The van der Waals surface area contributed by atoms with Crippen LogP contribution in [0.2, 0.25) is 0 Å². The highest BCUT2D eigenvalue weighted by Gasteiger charge is 2.16. The number of amides is 3. The van der Waals surface area contributed by atoms with Crippen molar-refractivity contribution in [2.24, 2.45) is 0 Å². The fourth-order valence-corrected chi connectivity index (χ4v) is 2.26. The van der Waals surface area contributed by atoms with Crippen molar-refractivity contribution < 1.29 is 14.3 Å². The molecule has 0 bridgehead atoms. The van der Waals surface area contributed by atoms with Gasteiger partial charge in [-0.05, 0) is 51.0 Å². The van der Waals surface area contributed by atoms with Gasteiger partial charge in [-0.25, -0.2) is 4.79 Å². The number of nitrogens with one attached hydrogen (secondary N) is 3. The molecule has 0 spiro atoms.